The molecule has 0 bridgehead atoms. The maximum Gasteiger partial charge on any atom is 0.141 e. The number of benzene rings is 1. The molecule has 1 rings (SSSR count). The molecular formula is C11H11N2O. The molecule has 1 aromatic rings. The van der Waals surface area contributed by atoms with E-state index in [1.54, 1.807) is 18.2 Å². The van der Waals surface area contributed by atoms with E-state index in [2.05, 4.69) is 17.4 Å². The molecule has 0 saturated carbocycles. The van der Waals surface area contributed by atoms with Gasteiger partial charge in [-0.25, -0.2) is 0 Å². The third kappa shape index (κ3) is 2.91. The number of hydrogen-bond donors (Lipinski definition) is 0. The smallest absolute Gasteiger partial charge is 0.141 e. The highest BCUT2D eigenvalue weighted by atomic mass is 16.6. The minimum Gasteiger partial charge on any atom is -0.395 e. The van der Waals surface area contributed by atoms with Crippen LogP contribution >= 0.6 is 0 Å². The average Bonchev–Trinajstić information content (AvgIpc) is 2.25. The number of hydrogen-bond acceptors (Lipinski definition) is 3. The topological polar surface area (TPSA) is 45.4 Å². The average molecular weight is 187 g/mol. The van der Waals surface area contributed by atoms with Gasteiger partial charge in [0.2, 0.25) is 0 Å². The summed E-state index contributed by atoms with van der Waals surface area (Å²) in [6, 6.07) is 9.19. The van der Waals surface area contributed by atoms with E-state index in [0.717, 1.165) is 6.42 Å². The first kappa shape index (κ1) is 10.3. The Morgan fingerprint density at radius 1 is 1.36 bits per heavy atom. The fourth-order valence-corrected chi connectivity index (χ4v) is 0.896. The van der Waals surface area contributed by atoms with Crippen LogP contribution in [0.2, 0.25) is 0 Å². The molecule has 0 aliphatic rings. The van der Waals surface area contributed by atoms with Crippen molar-refractivity contribution in [2.24, 2.45) is 5.16 Å². The Bertz CT molecular complexity index is 353. The van der Waals surface area contributed by atoms with Gasteiger partial charge in [0.25, 0.3) is 0 Å². The van der Waals surface area contributed by atoms with E-state index in [0.29, 0.717) is 17.7 Å². The van der Waals surface area contributed by atoms with Crippen LogP contribution in [0.5, 0.6) is 0 Å². The fourth-order valence-electron chi connectivity index (χ4n) is 0.896. The third-order valence-electron chi connectivity index (χ3n) is 1.57. The summed E-state index contributed by atoms with van der Waals surface area (Å²) in [4.78, 5) is 4.89. The molecule has 1 aromatic carbocycles. The zero-order valence-corrected chi connectivity index (χ0v) is 8.03. The molecule has 0 aliphatic carbocycles. The number of nitriles is 1. The zero-order chi connectivity index (χ0) is 10.2. The lowest BCUT2D eigenvalue weighted by Crippen LogP contribution is -1.89. The Labute approximate surface area is 83.6 Å². The molecule has 3 heteroatoms. The molecule has 1 radical (unpaired) electrons. The van der Waals surface area contributed by atoms with Crippen molar-refractivity contribution in [2.45, 2.75) is 13.3 Å². The van der Waals surface area contributed by atoms with Gasteiger partial charge in [0.1, 0.15) is 12.8 Å². The Morgan fingerprint density at radius 3 is 2.71 bits per heavy atom. The standard InChI is InChI=1S/C11H11N2O/c1-2-7-14-13-9-11-6-4-3-5-10(11)8-12/h3-6H,2,7H2,1H3. The van der Waals surface area contributed by atoms with Crippen molar-refractivity contribution < 1.29 is 4.84 Å². The van der Waals surface area contributed by atoms with Crippen LogP contribution in [0.25, 0.3) is 0 Å². The van der Waals surface area contributed by atoms with Gasteiger partial charge >= 0.3 is 0 Å². The molecule has 14 heavy (non-hydrogen) atoms. The molecule has 0 N–H and O–H groups in total. The van der Waals surface area contributed by atoms with E-state index in [1.165, 1.54) is 0 Å². The summed E-state index contributed by atoms with van der Waals surface area (Å²) in [6.45, 7) is 2.57. The minimum atomic E-state index is 0.552. The highest BCUT2D eigenvalue weighted by Crippen LogP contribution is 2.03. The highest BCUT2D eigenvalue weighted by Gasteiger charge is 1.96. The largest absolute Gasteiger partial charge is 0.395 e. The monoisotopic (exact) mass is 187 g/mol. The summed E-state index contributed by atoms with van der Waals surface area (Å²) in [5.41, 5.74) is 1.21. The molecule has 0 aliphatic heterocycles. The van der Waals surface area contributed by atoms with Gasteiger partial charge in [-0.2, -0.15) is 5.26 Å². The van der Waals surface area contributed by atoms with E-state index in [-0.39, 0.29) is 0 Å². The van der Waals surface area contributed by atoms with Crippen LogP contribution in [0.4, 0.5) is 0 Å². The molecule has 0 amide bonds. The van der Waals surface area contributed by atoms with Gasteiger partial charge in [0, 0.05) is 5.56 Å². The Hall–Kier alpha value is -1.82. The van der Waals surface area contributed by atoms with Gasteiger partial charge in [0.15, 0.2) is 0 Å². The first-order valence-electron chi connectivity index (χ1n) is 4.45. The summed E-state index contributed by atoms with van der Waals surface area (Å²) in [7, 11) is 0. The summed E-state index contributed by atoms with van der Waals surface area (Å²) in [5, 5.41) is 12.4. The second kappa shape index (κ2) is 5.76. The molecule has 0 aromatic heterocycles. The van der Waals surface area contributed by atoms with E-state index in [9.17, 15) is 0 Å². The fraction of sp³-hybridized carbons (Fsp3) is 0.273. The molecule has 71 valence electrons. The third-order valence-corrected chi connectivity index (χ3v) is 1.57. The molecule has 0 unspecified atom stereocenters. The van der Waals surface area contributed by atoms with E-state index in [4.69, 9.17) is 10.1 Å². The SMILES string of the molecule is CCCO/N=[C]\c1ccccc1C#N. The maximum absolute atomic E-state index is 8.75. The predicted molar refractivity (Wildman–Crippen MR) is 53.9 cm³/mol. The second-order valence-corrected chi connectivity index (χ2v) is 2.69. The quantitative estimate of drug-likeness (QED) is 0.412. The maximum atomic E-state index is 8.75. The van der Waals surface area contributed by atoms with Crippen molar-refractivity contribution in [3.8, 4) is 6.07 Å². The van der Waals surface area contributed by atoms with Crippen LogP contribution in [0.15, 0.2) is 29.4 Å². The van der Waals surface area contributed by atoms with Crippen molar-refractivity contribution in [3.63, 3.8) is 0 Å². The van der Waals surface area contributed by atoms with Crippen LogP contribution in [0.3, 0.4) is 0 Å². The van der Waals surface area contributed by atoms with Crippen molar-refractivity contribution in [2.75, 3.05) is 6.61 Å². The van der Waals surface area contributed by atoms with Crippen molar-refractivity contribution in [1.82, 2.24) is 0 Å². The van der Waals surface area contributed by atoms with Gasteiger partial charge < -0.3 is 4.84 Å². The van der Waals surface area contributed by atoms with Crippen molar-refractivity contribution >= 4 is 6.21 Å². The molecule has 0 heterocycles. The van der Waals surface area contributed by atoms with E-state index < -0.39 is 0 Å². The number of nitrogens with zero attached hydrogens (tertiary/aromatic N) is 2. The van der Waals surface area contributed by atoms with Crippen LogP contribution in [-0.4, -0.2) is 12.8 Å². The lowest BCUT2D eigenvalue weighted by Gasteiger charge is -1.95. The van der Waals surface area contributed by atoms with Crippen LogP contribution in [0.1, 0.15) is 24.5 Å². The van der Waals surface area contributed by atoms with E-state index >= 15 is 0 Å². The molecule has 0 spiro atoms. The van der Waals surface area contributed by atoms with Crippen LogP contribution in [-0.2, 0) is 4.84 Å². The van der Waals surface area contributed by atoms with Gasteiger partial charge in [-0.15, -0.1) is 0 Å². The Kier molecular flexibility index (Phi) is 4.22. The molecular weight excluding hydrogens is 176 g/mol. The lowest BCUT2D eigenvalue weighted by molar-refractivity contribution is 0.146. The second-order valence-electron chi connectivity index (χ2n) is 2.69. The predicted octanol–water partition coefficient (Wildman–Crippen LogP) is 2.20. The van der Waals surface area contributed by atoms with Gasteiger partial charge in [-0.1, -0.05) is 30.3 Å². The lowest BCUT2D eigenvalue weighted by atomic mass is 10.1. The zero-order valence-electron chi connectivity index (χ0n) is 8.03. The molecule has 3 nitrogen and oxygen atoms in total. The summed E-state index contributed by atoms with van der Waals surface area (Å²) >= 11 is 0. The highest BCUT2D eigenvalue weighted by molar-refractivity contribution is 5.82. The summed E-state index contributed by atoms with van der Waals surface area (Å²) < 4.78 is 0. The summed E-state index contributed by atoms with van der Waals surface area (Å²) in [6.07, 6.45) is 3.59. The normalized spacial score (nSPS) is 10.0. The van der Waals surface area contributed by atoms with Crippen molar-refractivity contribution in [3.05, 3.63) is 35.4 Å². The van der Waals surface area contributed by atoms with Crippen molar-refractivity contribution in [1.29, 1.82) is 5.26 Å². The summed E-state index contributed by atoms with van der Waals surface area (Å²) in [5.74, 6) is 0. The van der Waals surface area contributed by atoms with Gasteiger partial charge in [0.05, 0.1) is 11.6 Å². The first-order valence-corrected chi connectivity index (χ1v) is 4.45. The Balaban J connectivity index is 2.67. The minimum absolute atomic E-state index is 0.552. The molecule has 0 saturated heterocycles. The van der Waals surface area contributed by atoms with Crippen LogP contribution in [0, 0.1) is 11.3 Å². The molecule has 0 fully saturated rings. The van der Waals surface area contributed by atoms with Crippen LogP contribution < -0.4 is 0 Å². The van der Waals surface area contributed by atoms with Gasteiger partial charge in [-0.3, -0.25) is 0 Å². The number of rotatable bonds is 4. The first-order chi connectivity index (χ1) is 6.88. The Morgan fingerprint density at radius 2 is 2.07 bits per heavy atom. The van der Waals surface area contributed by atoms with Gasteiger partial charge in [-0.05, 0) is 12.5 Å². The van der Waals surface area contributed by atoms with E-state index in [1.807, 2.05) is 13.0 Å². The molecule has 0 atom stereocenters.